The van der Waals surface area contributed by atoms with Gasteiger partial charge in [-0.25, -0.2) is 31.9 Å². The van der Waals surface area contributed by atoms with Crippen molar-refractivity contribution in [2.24, 2.45) is 5.14 Å². The molecule has 50 heavy (non-hydrogen) atoms. The summed E-state index contributed by atoms with van der Waals surface area (Å²) in [5, 5.41) is 4.98. The third-order valence-corrected chi connectivity index (χ3v) is 11.1. The fourth-order valence-corrected chi connectivity index (χ4v) is 7.78. The molecule has 2 fully saturated rings. The lowest BCUT2D eigenvalue weighted by molar-refractivity contribution is 0.0963. The van der Waals surface area contributed by atoms with Gasteiger partial charge in [-0.2, -0.15) is 4.31 Å². The summed E-state index contributed by atoms with van der Waals surface area (Å²) < 4.78 is 76.5. The van der Waals surface area contributed by atoms with Gasteiger partial charge < -0.3 is 28.1 Å². The molecule has 2 N–H and O–H groups in total. The Morgan fingerprint density at radius 1 is 0.740 bits per heavy atom. The van der Waals surface area contributed by atoms with Crippen molar-refractivity contribution < 1.29 is 35.8 Å². The lowest BCUT2D eigenvalue weighted by Gasteiger charge is -2.21. The molecule has 2 aromatic heterocycles. The Kier molecular flexibility index (Phi) is 12.3. The number of benzene rings is 2. The number of aryl methyl sites for hydroxylation is 2. The maximum atomic E-state index is 13.8. The van der Waals surface area contributed by atoms with Crippen LogP contribution < -0.4 is 14.6 Å². The van der Waals surface area contributed by atoms with Crippen molar-refractivity contribution >= 4 is 20.0 Å². The first-order valence-corrected chi connectivity index (χ1v) is 19.4. The van der Waals surface area contributed by atoms with Gasteiger partial charge in [0, 0.05) is 38.7 Å². The predicted octanol–water partition coefficient (Wildman–Crippen LogP) is 3.80. The molecule has 2 unspecified atom stereocenters. The first kappa shape index (κ1) is 37.5. The van der Waals surface area contributed by atoms with Gasteiger partial charge in [0.2, 0.25) is 0 Å². The molecule has 4 heterocycles. The average molecular weight is 731 g/mol. The summed E-state index contributed by atoms with van der Waals surface area (Å²) in [5.74, 6) is 2.73. The van der Waals surface area contributed by atoms with Crippen molar-refractivity contribution in [2.75, 3.05) is 27.4 Å². The van der Waals surface area contributed by atoms with Crippen molar-refractivity contribution in [3.63, 3.8) is 0 Å². The number of ether oxygens (including phenoxy) is 4. The van der Waals surface area contributed by atoms with Gasteiger partial charge in [0.1, 0.15) is 23.1 Å². The summed E-state index contributed by atoms with van der Waals surface area (Å²) in [6.07, 6.45) is 7.40. The second-order valence-electron chi connectivity index (χ2n) is 12.3. The van der Waals surface area contributed by atoms with Crippen LogP contribution >= 0.6 is 0 Å². The van der Waals surface area contributed by atoms with E-state index >= 15 is 0 Å². The molecule has 2 aliphatic rings. The predicted molar refractivity (Wildman–Crippen MR) is 186 cm³/mol. The van der Waals surface area contributed by atoms with E-state index in [1.807, 2.05) is 60.0 Å². The Morgan fingerprint density at radius 3 is 1.52 bits per heavy atom. The van der Waals surface area contributed by atoms with Gasteiger partial charge in [-0.15, -0.1) is 0 Å². The summed E-state index contributed by atoms with van der Waals surface area (Å²) >= 11 is 0. The van der Waals surface area contributed by atoms with Gasteiger partial charge >= 0.3 is 0 Å². The molecule has 0 spiro atoms. The fraction of sp³-hybridized carbons (Fsp3) is 0.471. The molecule has 0 amide bonds. The van der Waals surface area contributed by atoms with Crippen molar-refractivity contribution in [3.05, 3.63) is 83.7 Å². The van der Waals surface area contributed by atoms with Crippen LogP contribution in [0.15, 0.2) is 71.0 Å². The number of hydrogen-bond donors (Lipinski definition) is 1. The number of imidazole rings is 2. The van der Waals surface area contributed by atoms with Crippen LogP contribution in [0.4, 0.5) is 0 Å². The first-order chi connectivity index (χ1) is 23.8. The van der Waals surface area contributed by atoms with Gasteiger partial charge in [0.25, 0.3) is 20.0 Å². The molecule has 0 aliphatic carbocycles. The van der Waals surface area contributed by atoms with Crippen molar-refractivity contribution in [3.8, 4) is 11.5 Å². The van der Waals surface area contributed by atoms with E-state index in [1.54, 1.807) is 31.9 Å². The van der Waals surface area contributed by atoms with E-state index in [9.17, 15) is 16.8 Å². The molecular weight excluding hydrogens is 685 g/mol. The Morgan fingerprint density at radius 2 is 1.16 bits per heavy atom. The third kappa shape index (κ3) is 9.70. The van der Waals surface area contributed by atoms with E-state index in [4.69, 9.17) is 24.1 Å². The Bertz CT molecular complexity index is 1860. The molecule has 272 valence electrons. The van der Waals surface area contributed by atoms with Gasteiger partial charge in [-0.05, 0) is 74.9 Å². The average Bonchev–Trinajstić information content (AvgIpc) is 3.92. The third-order valence-electron chi connectivity index (χ3n) is 8.69. The van der Waals surface area contributed by atoms with Gasteiger partial charge in [-0.3, -0.25) is 0 Å². The summed E-state index contributed by atoms with van der Waals surface area (Å²) in [7, 11) is -4.37. The Balaban J connectivity index is 0.000000253. The van der Waals surface area contributed by atoms with Crippen molar-refractivity contribution in [1.29, 1.82) is 0 Å². The zero-order chi connectivity index (χ0) is 35.9. The van der Waals surface area contributed by atoms with Crippen molar-refractivity contribution in [2.45, 2.75) is 88.0 Å². The first-order valence-electron chi connectivity index (χ1n) is 16.4. The maximum absolute atomic E-state index is 13.8. The highest BCUT2D eigenvalue weighted by molar-refractivity contribution is 7.89. The van der Waals surface area contributed by atoms with Crippen LogP contribution in [0, 0.1) is 13.8 Å². The lowest BCUT2D eigenvalue weighted by Crippen LogP contribution is -2.30. The minimum absolute atomic E-state index is 0.0463. The highest BCUT2D eigenvalue weighted by Crippen LogP contribution is 2.24. The standard InChI is InChI=1S/C25H31N3O5S.C9H15N3O3S/c1-19-26-25(18-27(19)17-24-5-4-14-33-24)34(29,30)28(15-20-6-10-22(31-2)11-7-20)16-21-8-12-23(32-3)13-9-21;1-7-11-9(16(10,13)14)6-12(7)5-8-3-2-4-15-8/h6-13,18,24H,4-5,14-17H2,1-3H3;6,8H,2-5H2,1H3,(H2,10,13,14). The molecule has 16 heteroatoms. The van der Waals surface area contributed by atoms with Crippen LogP contribution in [0.25, 0.3) is 0 Å². The number of hydrogen-bond acceptors (Lipinski definition) is 10. The van der Waals surface area contributed by atoms with Crippen LogP contribution in [-0.2, 0) is 55.7 Å². The van der Waals surface area contributed by atoms with Gasteiger partial charge in [-0.1, -0.05) is 24.3 Å². The number of methoxy groups -OCH3 is 2. The fourth-order valence-electron chi connectivity index (χ4n) is 5.83. The Labute approximate surface area is 294 Å². The molecule has 0 saturated carbocycles. The van der Waals surface area contributed by atoms with Crippen LogP contribution in [0.1, 0.15) is 48.5 Å². The molecule has 0 radical (unpaired) electrons. The number of rotatable bonds is 13. The molecule has 4 aromatic rings. The highest BCUT2D eigenvalue weighted by atomic mass is 32.2. The lowest BCUT2D eigenvalue weighted by atomic mass is 10.2. The number of primary sulfonamides is 1. The molecule has 2 aliphatic heterocycles. The molecule has 14 nitrogen and oxygen atoms in total. The highest BCUT2D eigenvalue weighted by Gasteiger charge is 2.29. The molecular formula is C34H46N6O8S2. The summed E-state index contributed by atoms with van der Waals surface area (Å²) in [6.45, 7) is 6.75. The van der Waals surface area contributed by atoms with Crippen LogP contribution in [0.2, 0.25) is 0 Å². The maximum Gasteiger partial charge on any atom is 0.262 e. The van der Waals surface area contributed by atoms with Crippen LogP contribution in [-0.4, -0.2) is 79.9 Å². The minimum atomic E-state index is -3.87. The van der Waals surface area contributed by atoms with E-state index in [1.165, 1.54) is 10.5 Å². The molecule has 2 saturated heterocycles. The molecule has 0 bridgehead atoms. The summed E-state index contributed by atoms with van der Waals surface area (Å²) in [4.78, 5) is 8.34. The SMILES string of the molecule is COc1ccc(CN(Cc2ccc(OC)cc2)S(=O)(=O)c2cn(CC3CCCO3)c(C)n2)cc1.Cc1nc(S(N)(=O)=O)cn1CC1CCCO1. The second kappa shape index (κ2) is 16.5. The summed E-state index contributed by atoms with van der Waals surface area (Å²) in [5.41, 5.74) is 1.71. The number of nitrogens with two attached hydrogens (primary N) is 1. The zero-order valence-corrected chi connectivity index (χ0v) is 30.5. The Hall–Kier alpha value is -3.80. The van der Waals surface area contributed by atoms with Crippen LogP contribution in [0.5, 0.6) is 11.5 Å². The van der Waals surface area contributed by atoms with E-state index in [2.05, 4.69) is 9.97 Å². The van der Waals surface area contributed by atoms with Crippen LogP contribution in [0.3, 0.4) is 0 Å². The number of aromatic nitrogens is 4. The number of nitrogens with zero attached hydrogens (tertiary/aromatic N) is 5. The molecule has 2 aromatic carbocycles. The van der Waals surface area contributed by atoms with Crippen molar-refractivity contribution in [1.82, 2.24) is 23.4 Å². The minimum Gasteiger partial charge on any atom is -0.497 e. The van der Waals surface area contributed by atoms with E-state index in [0.717, 1.165) is 61.5 Å². The topological polar surface area (TPSA) is 170 Å². The van der Waals surface area contributed by atoms with Gasteiger partial charge in [0.05, 0.1) is 39.5 Å². The quantitative estimate of drug-likeness (QED) is 0.214. The van der Waals surface area contributed by atoms with E-state index in [0.29, 0.717) is 24.7 Å². The molecule has 6 rings (SSSR count). The van der Waals surface area contributed by atoms with E-state index in [-0.39, 0.29) is 35.3 Å². The molecule has 2 atom stereocenters. The normalized spacial score (nSPS) is 17.9. The zero-order valence-electron chi connectivity index (χ0n) is 28.9. The smallest absolute Gasteiger partial charge is 0.262 e. The summed E-state index contributed by atoms with van der Waals surface area (Å²) in [6, 6.07) is 14.8. The second-order valence-corrected chi connectivity index (χ2v) is 15.7. The number of sulfonamides is 2. The van der Waals surface area contributed by atoms with Gasteiger partial charge in [0.15, 0.2) is 10.1 Å². The monoisotopic (exact) mass is 730 g/mol. The van der Waals surface area contributed by atoms with E-state index < -0.39 is 20.0 Å². The largest absolute Gasteiger partial charge is 0.497 e.